The molecule has 8 heteroatoms. The molecule has 1 atom stereocenters. The average Bonchev–Trinajstić information content (AvgIpc) is 2.65. The standard InChI is InChI=1S/C9H7BrF3N3O/c1-8(17,9(11,12)13)6-3-2-5(10)7-14-4-15-16(6)7/h2-4,17H,1H3. The van der Waals surface area contributed by atoms with Crippen molar-refractivity contribution in [1.29, 1.82) is 0 Å². The van der Waals surface area contributed by atoms with Crippen LogP contribution in [0.3, 0.4) is 0 Å². The predicted octanol–water partition coefficient (Wildman–Crippen LogP) is 2.26. The van der Waals surface area contributed by atoms with E-state index < -0.39 is 11.8 Å². The van der Waals surface area contributed by atoms with Gasteiger partial charge in [0.2, 0.25) is 0 Å². The van der Waals surface area contributed by atoms with Gasteiger partial charge in [-0.2, -0.15) is 18.3 Å². The number of halogens is 4. The summed E-state index contributed by atoms with van der Waals surface area (Å²) >= 11 is 3.14. The largest absolute Gasteiger partial charge is 0.422 e. The monoisotopic (exact) mass is 309 g/mol. The van der Waals surface area contributed by atoms with Gasteiger partial charge in [-0.1, -0.05) is 0 Å². The normalized spacial score (nSPS) is 16.1. The summed E-state index contributed by atoms with van der Waals surface area (Å²) in [6.45, 7) is 0.678. The van der Waals surface area contributed by atoms with E-state index in [2.05, 4.69) is 26.0 Å². The smallest absolute Gasteiger partial charge is 0.375 e. The van der Waals surface area contributed by atoms with Crippen LogP contribution in [0.15, 0.2) is 22.9 Å². The van der Waals surface area contributed by atoms with Gasteiger partial charge < -0.3 is 5.11 Å². The van der Waals surface area contributed by atoms with E-state index in [-0.39, 0.29) is 11.3 Å². The van der Waals surface area contributed by atoms with Crippen LogP contribution < -0.4 is 0 Å². The molecule has 0 spiro atoms. The predicted molar refractivity (Wildman–Crippen MR) is 56.3 cm³/mol. The van der Waals surface area contributed by atoms with E-state index in [0.29, 0.717) is 11.4 Å². The molecule has 1 unspecified atom stereocenters. The molecule has 0 radical (unpaired) electrons. The lowest BCUT2D eigenvalue weighted by Crippen LogP contribution is -2.40. The lowest BCUT2D eigenvalue weighted by molar-refractivity contribution is -0.260. The van der Waals surface area contributed by atoms with Crippen LogP contribution in [-0.2, 0) is 5.60 Å². The fourth-order valence-corrected chi connectivity index (χ4v) is 1.79. The van der Waals surface area contributed by atoms with Crippen molar-refractivity contribution >= 4 is 21.6 Å². The van der Waals surface area contributed by atoms with E-state index in [1.807, 2.05) is 0 Å². The Morgan fingerprint density at radius 2 is 2.00 bits per heavy atom. The van der Waals surface area contributed by atoms with Gasteiger partial charge in [-0.25, -0.2) is 9.50 Å². The van der Waals surface area contributed by atoms with Crippen LogP contribution in [0.25, 0.3) is 5.65 Å². The molecule has 0 bridgehead atoms. The Balaban J connectivity index is 2.72. The second-order valence-corrected chi connectivity index (χ2v) is 4.49. The third kappa shape index (κ3) is 1.81. The lowest BCUT2D eigenvalue weighted by atomic mass is 10.0. The number of aliphatic hydroxyl groups is 1. The van der Waals surface area contributed by atoms with Gasteiger partial charge in [0.25, 0.3) is 0 Å². The minimum atomic E-state index is -4.79. The van der Waals surface area contributed by atoms with Gasteiger partial charge in [0, 0.05) is 0 Å². The van der Waals surface area contributed by atoms with Gasteiger partial charge in [-0.3, -0.25) is 0 Å². The topological polar surface area (TPSA) is 50.4 Å². The Bertz CT molecular complexity index is 564. The molecule has 0 fully saturated rings. The van der Waals surface area contributed by atoms with Gasteiger partial charge in [0.1, 0.15) is 6.33 Å². The number of alkyl halides is 3. The van der Waals surface area contributed by atoms with Crippen LogP contribution >= 0.6 is 15.9 Å². The molecule has 0 amide bonds. The molecule has 2 aromatic rings. The zero-order valence-corrected chi connectivity index (χ0v) is 10.1. The Morgan fingerprint density at radius 3 is 2.59 bits per heavy atom. The lowest BCUT2D eigenvalue weighted by Gasteiger charge is -2.26. The average molecular weight is 310 g/mol. The Morgan fingerprint density at radius 1 is 1.35 bits per heavy atom. The number of hydrogen-bond donors (Lipinski definition) is 1. The van der Waals surface area contributed by atoms with Gasteiger partial charge in [-0.15, -0.1) is 0 Å². The van der Waals surface area contributed by atoms with Crippen molar-refractivity contribution in [3.63, 3.8) is 0 Å². The van der Waals surface area contributed by atoms with Crippen LogP contribution in [0.2, 0.25) is 0 Å². The van der Waals surface area contributed by atoms with E-state index in [1.165, 1.54) is 6.07 Å². The van der Waals surface area contributed by atoms with Crippen LogP contribution in [0.4, 0.5) is 13.2 Å². The zero-order chi connectivity index (χ0) is 12.8. The summed E-state index contributed by atoms with van der Waals surface area (Å²) in [4.78, 5) is 3.80. The Labute approximate surface area is 102 Å². The van der Waals surface area contributed by atoms with Crippen molar-refractivity contribution in [1.82, 2.24) is 14.6 Å². The highest BCUT2D eigenvalue weighted by atomic mass is 79.9. The maximum Gasteiger partial charge on any atom is 0.422 e. The Hall–Kier alpha value is -1.15. The number of rotatable bonds is 1. The van der Waals surface area contributed by atoms with Crippen molar-refractivity contribution in [2.45, 2.75) is 18.7 Å². The summed E-state index contributed by atoms with van der Waals surface area (Å²) in [7, 11) is 0. The molecule has 0 saturated heterocycles. The third-order valence-corrected chi connectivity index (χ3v) is 3.05. The minimum Gasteiger partial charge on any atom is -0.375 e. The van der Waals surface area contributed by atoms with Crippen LogP contribution in [0, 0.1) is 0 Å². The molecule has 0 aliphatic rings. The summed E-state index contributed by atoms with van der Waals surface area (Å²) < 4.78 is 39.6. The first kappa shape index (κ1) is 12.3. The van der Waals surface area contributed by atoms with Crippen molar-refractivity contribution in [3.8, 4) is 0 Å². The SMILES string of the molecule is CC(O)(c1ccc(Br)c2ncnn12)C(F)(F)F. The van der Waals surface area contributed by atoms with Gasteiger partial charge in [-0.05, 0) is 35.0 Å². The highest BCUT2D eigenvalue weighted by molar-refractivity contribution is 9.10. The molecule has 2 aromatic heterocycles. The summed E-state index contributed by atoms with van der Waals surface area (Å²) in [6, 6.07) is 2.54. The van der Waals surface area contributed by atoms with Crippen LogP contribution in [-0.4, -0.2) is 25.9 Å². The molecule has 17 heavy (non-hydrogen) atoms. The first-order valence-electron chi connectivity index (χ1n) is 4.53. The molecule has 2 rings (SSSR count). The van der Waals surface area contributed by atoms with Crippen molar-refractivity contribution in [2.24, 2.45) is 0 Å². The van der Waals surface area contributed by atoms with E-state index >= 15 is 0 Å². The number of fused-ring (bicyclic) bond motifs is 1. The first-order chi connectivity index (χ1) is 7.75. The van der Waals surface area contributed by atoms with E-state index in [4.69, 9.17) is 0 Å². The number of aromatic nitrogens is 3. The number of pyridine rings is 1. The molecular formula is C9H7BrF3N3O. The van der Waals surface area contributed by atoms with Gasteiger partial charge in [0.05, 0.1) is 10.2 Å². The highest BCUT2D eigenvalue weighted by Crippen LogP contribution is 2.38. The summed E-state index contributed by atoms with van der Waals surface area (Å²) in [6.07, 6.45) is -3.67. The highest BCUT2D eigenvalue weighted by Gasteiger charge is 2.52. The van der Waals surface area contributed by atoms with Gasteiger partial charge in [0.15, 0.2) is 11.2 Å². The second kappa shape index (κ2) is 3.67. The van der Waals surface area contributed by atoms with Crippen molar-refractivity contribution < 1.29 is 18.3 Å². The van der Waals surface area contributed by atoms with Gasteiger partial charge >= 0.3 is 6.18 Å². The van der Waals surface area contributed by atoms with E-state index in [1.54, 1.807) is 0 Å². The molecule has 0 aromatic carbocycles. The maximum absolute atomic E-state index is 12.7. The van der Waals surface area contributed by atoms with Crippen molar-refractivity contribution in [2.75, 3.05) is 0 Å². The number of hydrogen-bond acceptors (Lipinski definition) is 3. The summed E-state index contributed by atoms with van der Waals surface area (Å²) in [5.41, 5.74) is -3.16. The van der Waals surface area contributed by atoms with Crippen LogP contribution in [0.5, 0.6) is 0 Å². The fraction of sp³-hybridized carbons (Fsp3) is 0.333. The van der Waals surface area contributed by atoms with Crippen molar-refractivity contribution in [3.05, 3.63) is 28.6 Å². The molecule has 0 aliphatic heterocycles. The second-order valence-electron chi connectivity index (χ2n) is 3.63. The molecular weight excluding hydrogens is 303 g/mol. The molecule has 0 saturated carbocycles. The third-order valence-electron chi connectivity index (χ3n) is 2.43. The zero-order valence-electron chi connectivity index (χ0n) is 8.53. The quantitative estimate of drug-likeness (QED) is 0.879. The molecule has 2 heterocycles. The Kier molecular flexibility index (Phi) is 2.66. The maximum atomic E-state index is 12.7. The summed E-state index contributed by atoms with van der Waals surface area (Å²) in [5, 5.41) is 13.3. The first-order valence-corrected chi connectivity index (χ1v) is 5.32. The molecule has 92 valence electrons. The number of nitrogens with zero attached hydrogens (tertiary/aromatic N) is 3. The van der Waals surface area contributed by atoms with E-state index in [9.17, 15) is 18.3 Å². The van der Waals surface area contributed by atoms with Crippen LogP contribution in [0.1, 0.15) is 12.6 Å². The fourth-order valence-electron chi connectivity index (χ4n) is 1.39. The molecule has 4 nitrogen and oxygen atoms in total. The molecule has 0 aliphatic carbocycles. The van der Waals surface area contributed by atoms with E-state index in [0.717, 1.165) is 16.9 Å². The minimum absolute atomic E-state index is 0.215. The summed E-state index contributed by atoms with van der Waals surface area (Å²) in [5.74, 6) is 0. The molecule has 1 N–H and O–H groups in total.